The number of nitrogens with zero attached hydrogens (tertiary/aromatic N) is 2. The number of carbonyl (C=O) groups excluding carboxylic acids is 1. The quantitative estimate of drug-likeness (QED) is 0.430. The van der Waals surface area contributed by atoms with Crippen LogP contribution in [-0.2, 0) is 28.7 Å². The Labute approximate surface area is 204 Å². The summed E-state index contributed by atoms with van der Waals surface area (Å²) in [6, 6.07) is 8.15. The van der Waals surface area contributed by atoms with Crippen molar-refractivity contribution in [2.45, 2.75) is 45.6 Å². The highest BCUT2D eigenvalue weighted by molar-refractivity contribution is 5.95. The van der Waals surface area contributed by atoms with Crippen molar-refractivity contribution in [1.29, 1.82) is 0 Å². The first-order chi connectivity index (χ1) is 16.7. The first-order valence-electron chi connectivity index (χ1n) is 10.7. The Morgan fingerprint density at radius 2 is 1.58 bits per heavy atom. The summed E-state index contributed by atoms with van der Waals surface area (Å²) in [4.78, 5) is 31.7. The van der Waals surface area contributed by atoms with Gasteiger partial charge in [-0.15, -0.1) is 0 Å². The van der Waals surface area contributed by atoms with Gasteiger partial charge in [-0.25, -0.2) is 14.8 Å². The monoisotopic (exact) mass is 504 g/mol. The van der Waals surface area contributed by atoms with E-state index in [0.717, 1.165) is 6.07 Å². The Balaban J connectivity index is 1.81. The number of carboxylic acids is 1. The number of esters is 1. The molecule has 2 N–H and O–H groups in total. The number of aromatic hydroxyl groups is 1. The van der Waals surface area contributed by atoms with E-state index in [-0.39, 0.29) is 18.6 Å². The highest BCUT2D eigenvalue weighted by atomic mass is 19.4. The lowest BCUT2D eigenvalue weighted by Gasteiger charge is -2.22. The summed E-state index contributed by atoms with van der Waals surface area (Å²) in [6.07, 6.45) is -2.24. The summed E-state index contributed by atoms with van der Waals surface area (Å²) < 4.78 is 50.7. The molecule has 11 heteroatoms. The molecular formula is C25H23F3N2O6. The maximum atomic E-state index is 13.3. The van der Waals surface area contributed by atoms with Crippen LogP contribution < -0.4 is 4.74 Å². The molecule has 0 radical (unpaired) electrons. The lowest BCUT2D eigenvalue weighted by molar-refractivity contribution is -0.139. The van der Waals surface area contributed by atoms with E-state index in [2.05, 4.69) is 9.97 Å². The average Bonchev–Trinajstić information content (AvgIpc) is 2.76. The molecule has 3 aromatic rings. The second kappa shape index (κ2) is 10.2. The van der Waals surface area contributed by atoms with Gasteiger partial charge < -0.3 is 19.7 Å². The summed E-state index contributed by atoms with van der Waals surface area (Å²) in [5, 5.41) is 19.1. The molecule has 36 heavy (non-hydrogen) atoms. The second-order valence-electron chi connectivity index (χ2n) is 8.79. The number of hydrogen-bond donors (Lipinski definition) is 2. The first-order valence-corrected chi connectivity index (χ1v) is 10.7. The van der Waals surface area contributed by atoms with E-state index < -0.39 is 40.6 Å². The van der Waals surface area contributed by atoms with E-state index >= 15 is 0 Å². The molecule has 0 bridgehead atoms. The Hall–Kier alpha value is -4.15. The minimum Gasteiger partial charge on any atom is -0.506 e. The third-order valence-corrected chi connectivity index (χ3v) is 4.74. The number of phenols is 1. The van der Waals surface area contributed by atoms with E-state index in [4.69, 9.17) is 14.6 Å². The number of hydrogen-bond acceptors (Lipinski definition) is 7. The third-order valence-electron chi connectivity index (χ3n) is 4.74. The van der Waals surface area contributed by atoms with Gasteiger partial charge in [0.15, 0.2) is 5.82 Å². The predicted octanol–water partition coefficient (Wildman–Crippen LogP) is 5.03. The summed E-state index contributed by atoms with van der Waals surface area (Å²) in [6.45, 7) is 4.34. The van der Waals surface area contributed by atoms with Gasteiger partial charge in [0, 0.05) is 23.5 Å². The summed E-state index contributed by atoms with van der Waals surface area (Å²) in [5.41, 5.74) is -1.90. The maximum absolute atomic E-state index is 13.3. The van der Waals surface area contributed by atoms with Gasteiger partial charge in [-0.3, -0.25) is 4.79 Å². The van der Waals surface area contributed by atoms with Gasteiger partial charge in [-0.1, -0.05) is 6.07 Å². The van der Waals surface area contributed by atoms with Crippen LogP contribution in [0.15, 0.2) is 48.8 Å². The van der Waals surface area contributed by atoms with Crippen molar-refractivity contribution in [2.24, 2.45) is 0 Å². The molecule has 0 aliphatic carbocycles. The van der Waals surface area contributed by atoms with Crippen LogP contribution in [-0.4, -0.2) is 37.7 Å². The number of alkyl halides is 3. The van der Waals surface area contributed by atoms with Crippen molar-refractivity contribution in [3.8, 4) is 22.9 Å². The van der Waals surface area contributed by atoms with Gasteiger partial charge in [-0.05, 0) is 56.7 Å². The molecule has 8 nitrogen and oxygen atoms in total. The van der Waals surface area contributed by atoms with Crippen LogP contribution in [0.4, 0.5) is 13.2 Å². The Morgan fingerprint density at radius 3 is 2.11 bits per heavy atom. The number of ether oxygens (including phenoxy) is 2. The van der Waals surface area contributed by atoms with Gasteiger partial charge in [0.25, 0.3) is 0 Å². The highest BCUT2D eigenvalue weighted by Gasteiger charge is 2.37. The second-order valence-corrected chi connectivity index (χ2v) is 8.79. The molecule has 0 aliphatic rings. The molecule has 1 aromatic heterocycles. The fraction of sp³-hybridized carbons (Fsp3) is 0.280. The maximum Gasteiger partial charge on any atom is 0.419 e. The molecule has 2 aromatic carbocycles. The molecule has 0 unspecified atom stereocenters. The summed E-state index contributed by atoms with van der Waals surface area (Å²) >= 11 is 0. The van der Waals surface area contributed by atoms with Crippen LogP contribution in [0.3, 0.4) is 0 Å². The number of benzene rings is 2. The van der Waals surface area contributed by atoms with Crippen LogP contribution in [0.5, 0.6) is 11.5 Å². The van der Waals surface area contributed by atoms with E-state index in [1.165, 1.54) is 12.4 Å². The molecule has 0 aliphatic heterocycles. The van der Waals surface area contributed by atoms with Gasteiger partial charge in [0.2, 0.25) is 0 Å². The van der Waals surface area contributed by atoms with E-state index in [9.17, 15) is 27.9 Å². The van der Waals surface area contributed by atoms with Crippen molar-refractivity contribution < 1.29 is 42.4 Å². The number of phenolic OH excluding ortho intramolecular Hbond substituents is 1. The molecule has 1 heterocycles. The number of rotatable bonds is 7. The van der Waals surface area contributed by atoms with Gasteiger partial charge in [-0.2, -0.15) is 13.2 Å². The zero-order valence-electron chi connectivity index (χ0n) is 19.6. The molecule has 0 amide bonds. The minimum atomic E-state index is -4.87. The Kier molecular flexibility index (Phi) is 7.51. The van der Waals surface area contributed by atoms with Crippen molar-refractivity contribution in [2.75, 3.05) is 0 Å². The van der Waals surface area contributed by atoms with Gasteiger partial charge >= 0.3 is 18.1 Å². The third kappa shape index (κ3) is 6.71. The Bertz CT molecular complexity index is 1250. The predicted molar refractivity (Wildman–Crippen MR) is 121 cm³/mol. The number of aliphatic carboxylic acids is 1. The molecule has 0 spiro atoms. The number of carboxylic acid groups (broad SMARTS) is 1. The van der Waals surface area contributed by atoms with Gasteiger partial charge in [0.1, 0.15) is 29.3 Å². The first kappa shape index (κ1) is 26.5. The minimum absolute atomic E-state index is 0.0104. The number of aromatic nitrogens is 2. The van der Waals surface area contributed by atoms with Crippen LogP contribution in [0.2, 0.25) is 0 Å². The van der Waals surface area contributed by atoms with Crippen LogP contribution in [0.1, 0.15) is 47.8 Å². The van der Waals surface area contributed by atoms with Crippen molar-refractivity contribution in [3.05, 3.63) is 71.0 Å². The molecule has 0 saturated heterocycles. The number of carbonyl (C=O) groups is 2. The van der Waals surface area contributed by atoms with Crippen molar-refractivity contribution >= 4 is 11.9 Å². The van der Waals surface area contributed by atoms with Crippen LogP contribution in [0.25, 0.3) is 11.4 Å². The molecule has 0 atom stereocenters. The average molecular weight is 504 g/mol. The zero-order valence-corrected chi connectivity index (χ0v) is 19.6. The SMILES string of the molecule is CC(C)(C)OC(=O)c1c(COc2ccc(-c3ncc(CC(=O)O)cn3)cc2)ccc(C(F)(F)F)c1O. The van der Waals surface area contributed by atoms with E-state index in [1.54, 1.807) is 45.0 Å². The number of halogens is 3. The largest absolute Gasteiger partial charge is 0.506 e. The highest BCUT2D eigenvalue weighted by Crippen LogP contribution is 2.39. The van der Waals surface area contributed by atoms with Crippen LogP contribution in [0, 0.1) is 0 Å². The van der Waals surface area contributed by atoms with E-state index in [0.29, 0.717) is 28.8 Å². The molecular weight excluding hydrogens is 481 g/mol. The molecule has 190 valence electrons. The fourth-order valence-electron chi connectivity index (χ4n) is 3.17. The Morgan fingerprint density at radius 1 is 0.972 bits per heavy atom. The summed E-state index contributed by atoms with van der Waals surface area (Å²) in [7, 11) is 0. The topological polar surface area (TPSA) is 119 Å². The molecule has 0 fully saturated rings. The summed E-state index contributed by atoms with van der Waals surface area (Å²) in [5.74, 6) is -2.64. The smallest absolute Gasteiger partial charge is 0.419 e. The van der Waals surface area contributed by atoms with Crippen molar-refractivity contribution in [3.63, 3.8) is 0 Å². The lowest BCUT2D eigenvalue weighted by atomic mass is 10.0. The molecule has 0 saturated carbocycles. The lowest BCUT2D eigenvalue weighted by Crippen LogP contribution is -2.25. The van der Waals surface area contributed by atoms with Crippen molar-refractivity contribution in [1.82, 2.24) is 9.97 Å². The normalized spacial score (nSPS) is 11.7. The molecule has 3 rings (SSSR count). The standard InChI is InChI=1S/C25H23F3N2O6/c1-24(2,3)36-23(34)20-16(6-9-18(21(20)33)25(26,27)28)13-35-17-7-4-15(5-8-17)22-29-11-14(12-30-22)10-19(31)32/h4-9,11-12,33H,10,13H2,1-3H3,(H,31,32). The van der Waals surface area contributed by atoms with Gasteiger partial charge in [0.05, 0.1) is 12.0 Å². The van der Waals surface area contributed by atoms with Crippen LogP contribution >= 0.6 is 0 Å². The zero-order chi connectivity index (χ0) is 26.7. The fourth-order valence-corrected chi connectivity index (χ4v) is 3.17. The van der Waals surface area contributed by atoms with E-state index in [1.807, 2.05) is 0 Å².